The molecule has 0 bridgehead atoms. The van der Waals surface area contributed by atoms with Crippen molar-refractivity contribution in [2.45, 2.75) is 0 Å². The van der Waals surface area contributed by atoms with Gasteiger partial charge in [-0.05, 0) is 6.07 Å². The molecular formula is C16H18N10O. The molecule has 0 radical (unpaired) electrons. The summed E-state index contributed by atoms with van der Waals surface area (Å²) in [7, 11) is 0. The van der Waals surface area contributed by atoms with Crippen molar-refractivity contribution in [2.24, 2.45) is 0 Å². The summed E-state index contributed by atoms with van der Waals surface area (Å²) in [5.41, 5.74) is 1.56. The number of pyridine rings is 1. The number of carbonyl (C=O) groups excluding carboxylic acids is 1. The third-order valence-corrected chi connectivity index (χ3v) is 4.01. The lowest BCUT2D eigenvalue weighted by Gasteiger charge is -2.30. The minimum atomic E-state index is -0.404. The van der Waals surface area contributed by atoms with Crippen molar-refractivity contribution in [3.05, 3.63) is 42.9 Å². The minimum absolute atomic E-state index is 0.0801. The molecule has 0 aliphatic carbocycles. The van der Waals surface area contributed by atoms with Crippen molar-refractivity contribution in [1.29, 1.82) is 0 Å². The van der Waals surface area contributed by atoms with E-state index in [1.54, 1.807) is 24.8 Å². The van der Waals surface area contributed by atoms with Crippen LogP contribution in [0.5, 0.6) is 0 Å². The minimum Gasteiger partial charge on any atom is -0.367 e. The van der Waals surface area contributed by atoms with E-state index in [9.17, 15) is 4.79 Å². The van der Waals surface area contributed by atoms with Gasteiger partial charge in [-0.2, -0.15) is 4.98 Å². The maximum Gasteiger partial charge on any atom is 0.293 e. The molecule has 3 aromatic heterocycles. The van der Waals surface area contributed by atoms with E-state index >= 15 is 0 Å². The third-order valence-electron chi connectivity index (χ3n) is 4.01. The van der Waals surface area contributed by atoms with E-state index in [0.717, 1.165) is 31.9 Å². The first kappa shape index (κ1) is 16.8. The Bertz CT molecular complexity index is 906. The van der Waals surface area contributed by atoms with Crippen LogP contribution >= 0.6 is 0 Å². The molecule has 0 spiro atoms. The molecule has 138 valence electrons. The molecule has 1 fully saturated rings. The zero-order chi connectivity index (χ0) is 18.5. The van der Waals surface area contributed by atoms with E-state index in [1.807, 2.05) is 6.07 Å². The fourth-order valence-corrected chi connectivity index (χ4v) is 2.74. The van der Waals surface area contributed by atoms with Crippen LogP contribution in [0.3, 0.4) is 0 Å². The van der Waals surface area contributed by atoms with Crippen LogP contribution in [-0.4, -0.2) is 62.2 Å². The Kier molecular flexibility index (Phi) is 4.83. The second-order valence-corrected chi connectivity index (χ2v) is 5.81. The number of aromatic nitrogens is 6. The molecule has 4 N–H and O–H groups in total. The maximum atomic E-state index is 12.6. The number of H-pyrrole nitrogens is 1. The van der Waals surface area contributed by atoms with Crippen molar-refractivity contribution in [1.82, 2.24) is 35.5 Å². The van der Waals surface area contributed by atoms with Crippen molar-refractivity contribution >= 4 is 29.0 Å². The van der Waals surface area contributed by atoms with Crippen molar-refractivity contribution < 1.29 is 4.79 Å². The lowest BCUT2D eigenvalue weighted by molar-refractivity contribution is 0.101. The SMILES string of the molecule is O=C(Nc1cnccc1N1CCNCC1)c1nc(Nc2cnccn2)n[nH]1. The summed E-state index contributed by atoms with van der Waals surface area (Å²) in [5, 5.41) is 15.6. The van der Waals surface area contributed by atoms with Crippen LogP contribution in [0.4, 0.5) is 23.1 Å². The summed E-state index contributed by atoms with van der Waals surface area (Å²) in [4.78, 5) is 31.0. The molecule has 4 heterocycles. The Morgan fingerprint density at radius 1 is 1.11 bits per heavy atom. The summed E-state index contributed by atoms with van der Waals surface area (Å²) in [5.74, 6) is 0.390. The van der Waals surface area contributed by atoms with Crippen LogP contribution in [-0.2, 0) is 0 Å². The zero-order valence-corrected chi connectivity index (χ0v) is 14.4. The highest BCUT2D eigenvalue weighted by molar-refractivity contribution is 6.03. The average molecular weight is 366 g/mol. The third kappa shape index (κ3) is 3.98. The van der Waals surface area contributed by atoms with Crippen molar-refractivity contribution in [3.8, 4) is 0 Å². The zero-order valence-electron chi connectivity index (χ0n) is 14.4. The number of carbonyl (C=O) groups is 1. The fraction of sp³-hybridized carbons (Fsp3) is 0.250. The monoisotopic (exact) mass is 366 g/mol. The first-order valence-corrected chi connectivity index (χ1v) is 8.46. The van der Waals surface area contributed by atoms with E-state index in [2.05, 4.69) is 51.0 Å². The number of nitrogens with zero attached hydrogens (tertiary/aromatic N) is 6. The number of aromatic amines is 1. The smallest absolute Gasteiger partial charge is 0.293 e. The molecule has 1 aliphatic heterocycles. The van der Waals surface area contributed by atoms with Gasteiger partial charge in [-0.3, -0.25) is 19.9 Å². The van der Waals surface area contributed by atoms with Gasteiger partial charge in [0.2, 0.25) is 11.8 Å². The molecule has 0 atom stereocenters. The molecule has 1 amide bonds. The first-order valence-electron chi connectivity index (χ1n) is 8.46. The van der Waals surface area contributed by atoms with Gasteiger partial charge in [-0.1, -0.05) is 0 Å². The largest absolute Gasteiger partial charge is 0.367 e. The maximum absolute atomic E-state index is 12.6. The normalized spacial score (nSPS) is 14.0. The van der Waals surface area contributed by atoms with Crippen LogP contribution in [0.15, 0.2) is 37.1 Å². The fourth-order valence-electron chi connectivity index (χ4n) is 2.74. The molecular weight excluding hydrogens is 348 g/mol. The van der Waals surface area contributed by atoms with Crippen molar-refractivity contribution in [3.63, 3.8) is 0 Å². The average Bonchev–Trinajstić information content (AvgIpc) is 3.18. The lowest BCUT2D eigenvalue weighted by Crippen LogP contribution is -2.43. The highest BCUT2D eigenvalue weighted by atomic mass is 16.2. The topological polar surface area (TPSA) is 137 Å². The van der Waals surface area contributed by atoms with Gasteiger partial charge in [0.05, 0.1) is 23.8 Å². The number of piperazine rings is 1. The van der Waals surface area contributed by atoms with E-state index in [4.69, 9.17) is 0 Å². The molecule has 3 aromatic rings. The number of rotatable bonds is 5. The quantitative estimate of drug-likeness (QED) is 0.505. The number of hydrogen-bond acceptors (Lipinski definition) is 9. The molecule has 0 unspecified atom stereocenters. The summed E-state index contributed by atoms with van der Waals surface area (Å²) in [6.07, 6.45) is 7.98. The van der Waals surface area contributed by atoms with Crippen molar-refractivity contribution in [2.75, 3.05) is 41.7 Å². The molecule has 1 aliphatic rings. The standard InChI is InChI=1S/C16H18N10O/c27-15(14-23-16(25-24-14)22-13-10-19-3-4-20-13)21-11-9-18-2-1-12(11)26-7-5-17-6-8-26/h1-4,9-10,17H,5-8H2,(H,21,27)(H2,20,22,23,24,25). The van der Waals surface area contributed by atoms with Crippen LogP contribution < -0.4 is 20.9 Å². The molecule has 11 heteroatoms. The Morgan fingerprint density at radius 2 is 1.96 bits per heavy atom. The van der Waals surface area contributed by atoms with Gasteiger partial charge >= 0.3 is 0 Å². The Hall–Kier alpha value is -3.60. The second kappa shape index (κ2) is 7.74. The summed E-state index contributed by atoms with van der Waals surface area (Å²) in [6, 6.07) is 1.89. The molecule has 0 saturated carbocycles. The molecule has 27 heavy (non-hydrogen) atoms. The van der Waals surface area contributed by atoms with Gasteiger partial charge in [0.1, 0.15) is 0 Å². The number of anilines is 4. The molecule has 0 aromatic carbocycles. The molecule has 11 nitrogen and oxygen atoms in total. The highest BCUT2D eigenvalue weighted by Gasteiger charge is 2.18. The highest BCUT2D eigenvalue weighted by Crippen LogP contribution is 2.25. The number of hydrogen-bond donors (Lipinski definition) is 4. The summed E-state index contributed by atoms with van der Waals surface area (Å²) in [6.45, 7) is 3.52. The second-order valence-electron chi connectivity index (χ2n) is 5.81. The van der Waals surface area contributed by atoms with Gasteiger partial charge in [-0.25, -0.2) is 4.98 Å². The van der Waals surface area contributed by atoms with Gasteiger partial charge < -0.3 is 20.9 Å². The number of amides is 1. The molecule has 4 rings (SSSR count). The Balaban J connectivity index is 1.47. The van der Waals surface area contributed by atoms with Crippen LogP contribution in [0, 0.1) is 0 Å². The Labute approximate surface area is 154 Å². The predicted octanol–water partition coefficient (Wildman–Crippen LogP) is 0.395. The molecule has 1 saturated heterocycles. The van der Waals surface area contributed by atoms with Crippen LogP contribution in [0.25, 0.3) is 0 Å². The van der Waals surface area contributed by atoms with E-state index in [-0.39, 0.29) is 11.8 Å². The van der Waals surface area contributed by atoms with E-state index in [1.165, 1.54) is 6.20 Å². The first-order chi connectivity index (χ1) is 13.3. The van der Waals surface area contributed by atoms with Gasteiger partial charge in [-0.15, -0.1) is 5.10 Å². The predicted molar refractivity (Wildman–Crippen MR) is 99.0 cm³/mol. The summed E-state index contributed by atoms with van der Waals surface area (Å²) < 4.78 is 0. The van der Waals surface area contributed by atoms with Crippen LogP contribution in [0.2, 0.25) is 0 Å². The van der Waals surface area contributed by atoms with Gasteiger partial charge in [0.25, 0.3) is 5.91 Å². The number of nitrogens with one attached hydrogen (secondary N) is 4. The Morgan fingerprint density at radius 3 is 2.78 bits per heavy atom. The van der Waals surface area contributed by atoms with E-state index < -0.39 is 5.91 Å². The van der Waals surface area contributed by atoms with E-state index in [0.29, 0.717) is 11.5 Å². The summed E-state index contributed by atoms with van der Waals surface area (Å²) >= 11 is 0. The van der Waals surface area contributed by atoms with Crippen LogP contribution in [0.1, 0.15) is 10.6 Å². The lowest BCUT2D eigenvalue weighted by atomic mass is 10.2. The van der Waals surface area contributed by atoms with Gasteiger partial charge in [0, 0.05) is 44.8 Å². The van der Waals surface area contributed by atoms with Gasteiger partial charge in [0.15, 0.2) is 5.82 Å².